The molecule has 0 bridgehead atoms. The summed E-state index contributed by atoms with van der Waals surface area (Å²) in [6, 6.07) is 0. The van der Waals surface area contributed by atoms with Crippen molar-refractivity contribution in [3.05, 3.63) is 0 Å². The minimum absolute atomic E-state index is 0.369. The van der Waals surface area contributed by atoms with E-state index in [2.05, 4.69) is 18.9 Å². The van der Waals surface area contributed by atoms with Gasteiger partial charge in [-0.3, -0.25) is 0 Å². The highest BCUT2D eigenvalue weighted by Gasteiger charge is 2.17. The monoisotopic (exact) mass is 259 g/mol. The summed E-state index contributed by atoms with van der Waals surface area (Å²) in [5.41, 5.74) is 0. The molecule has 1 aliphatic heterocycles. The van der Waals surface area contributed by atoms with Crippen LogP contribution in [0.5, 0.6) is 0 Å². The fraction of sp³-hybridized carbons (Fsp3) is 1.00. The number of aliphatic hydroxyl groups excluding tert-OH is 1. The first-order valence-corrected chi connectivity index (χ1v) is 7.24. The molecule has 4 heteroatoms. The highest BCUT2D eigenvalue weighted by Crippen LogP contribution is 2.15. The molecule has 1 rings (SSSR count). The lowest BCUT2D eigenvalue weighted by Gasteiger charge is -2.28. The number of rotatable bonds is 9. The van der Waals surface area contributed by atoms with Crippen LogP contribution in [-0.4, -0.2) is 62.7 Å². The van der Waals surface area contributed by atoms with Crippen LogP contribution in [0.1, 0.15) is 32.6 Å². The average molecular weight is 259 g/mol. The van der Waals surface area contributed by atoms with Gasteiger partial charge in [0, 0.05) is 32.9 Å². The summed E-state index contributed by atoms with van der Waals surface area (Å²) in [4.78, 5) is 2.21. The van der Waals surface area contributed by atoms with Gasteiger partial charge in [-0.1, -0.05) is 13.3 Å². The fourth-order valence-electron chi connectivity index (χ4n) is 2.32. The Hall–Kier alpha value is -0.160. The third-order valence-corrected chi connectivity index (χ3v) is 3.39. The quantitative estimate of drug-likeness (QED) is 0.638. The zero-order valence-corrected chi connectivity index (χ0v) is 11.9. The molecule has 0 amide bonds. The normalized spacial score (nSPS) is 19.3. The van der Waals surface area contributed by atoms with Crippen LogP contribution in [0.3, 0.4) is 0 Å². The van der Waals surface area contributed by atoms with Crippen molar-refractivity contribution < 1.29 is 14.6 Å². The zero-order valence-electron chi connectivity index (χ0n) is 11.9. The molecule has 108 valence electrons. The van der Waals surface area contributed by atoms with Crippen molar-refractivity contribution in [3.8, 4) is 0 Å². The molecule has 0 spiro atoms. The molecule has 0 aromatic heterocycles. The molecule has 1 aliphatic rings. The van der Waals surface area contributed by atoms with Gasteiger partial charge in [0.15, 0.2) is 0 Å². The fourth-order valence-corrected chi connectivity index (χ4v) is 2.32. The second kappa shape index (κ2) is 9.73. The number of hydrogen-bond donors (Lipinski definition) is 1. The molecular formula is C14H29NO3. The largest absolute Gasteiger partial charge is 0.389 e. The first kappa shape index (κ1) is 15.9. The Kier molecular flexibility index (Phi) is 8.59. The molecule has 0 aromatic rings. The van der Waals surface area contributed by atoms with Gasteiger partial charge < -0.3 is 19.5 Å². The summed E-state index contributed by atoms with van der Waals surface area (Å²) in [7, 11) is 2.07. The minimum Gasteiger partial charge on any atom is -0.389 e. The van der Waals surface area contributed by atoms with Crippen LogP contribution in [-0.2, 0) is 9.47 Å². The van der Waals surface area contributed by atoms with Gasteiger partial charge in [-0.05, 0) is 32.2 Å². The third-order valence-electron chi connectivity index (χ3n) is 3.39. The number of nitrogens with zero attached hydrogens (tertiary/aromatic N) is 1. The van der Waals surface area contributed by atoms with Crippen molar-refractivity contribution >= 4 is 0 Å². The van der Waals surface area contributed by atoms with E-state index in [0.29, 0.717) is 13.2 Å². The van der Waals surface area contributed by atoms with Crippen molar-refractivity contribution in [1.82, 2.24) is 4.90 Å². The first-order chi connectivity index (χ1) is 8.72. The van der Waals surface area contributed by atoms with Gasteiger partial charge >= 0.3 is 0 Å². The SMILES string of the molecule is CCCCOCC(O)CN(C)CC1CCOCC1. The molecule has 1 unspecified atom stereocenters. The summed E-state index contributed by atoms with van der Waals surface area (Å²) in [5, 5.41) is 9.86. The molecule has 0 saturated carbocycles. The minimum atomic E-state index is -0.369. The lowest BCUT2D eigenvalue weighted by Crippen LogP contribution is -2.36. The van der Waals surface area contributed by atoms with E-state index in [1.165, 1.54) is 0 Å². The van der Waals surface area contributed by atoms with E-state index in [-0.39, 0.29) is 6.10 Å². The Bertz CT molecular complexity index is 195. The van der Waals surface area contributed by atoms with Gasteiger partial charge in [-0.25, -0.2) is 0 Å². The second-order valence-corrected chi connectivity index (χ2v) is 5.36. The van der Waals surface area contributed by atoms with Gasteiger partial charge in [0.2, 0.25) is 0 Å². The van der Waals surface area contributed by atoms with Gasteiger partial charge in [-0.2, -0.15) is 0 Å². The van der Waals surface area contributed by atoms with Crippen LogP contribution in [0.4, 0.5) is 0 Å². The maximum Gasteiger partial charge on any atom is 0.0900 e. The number of hydrogen-bond acceptors (Lipinski definition) is 4. The predicted octanol–water partition coefficient (Wildman–Crippen LogP) is 1.52. The lowest BCUT2D eigenvalue weighted by molar-refractivity contribution is 0.0110. The smallest absolute Gasteiger partial charge is 0.0900 e. The molecule has 0 radical (unpaired) electrons. The molecule has 1 fully saturated rings. The Morgan fingerprint density at radius 3 is 2.78 bits per heavy atom. The van der Waals surface area contributed by atoms with E-state index in [4.69, 9.17) is 9.47 Å². The Balaban J connectivity index is 2.04. The summed E-state index contributed by atoms with van der Waals surface area (Å²) in [6.45, 7) is 6.89. The topological polar surface area (TPSA) is 41.9 Å². The molecule has 1 heterocycles. The highest BCUT2D eigenvalue weighted by atomic mass is 16.5. The summed E-state index contributed by atoms with van der Waals surface area (Å²) >= 11 is 0. The molecular weight excluding hydrogens is 230 g/mol. The van der Waals surface area contributed by atoms with Crippen molar-refractivity contribution in [1.29, 1.82) is 0 Å². The van der Waals surface area contributed by atoms with Gasteiger partial charge in [0.25, 0.3) is 0 Å². The highest BCUT2D eigenvalue weighted by molar-refractivity contribution is 4.69. The van der Waals surface area contributed by atoms with E-state index in [1.807, 2.05) is 0 Å². The van der Waals surface area contributed by atoms with Crippen LogP contribution >= 0.6 is 0 Å². The summed E-state index contributed by atoms with van der Waals surface area (Å²) in [6.07, 6.45) is 4.14. The first-order valence-electron chi connectivity index (χ1n) is 7.24. The molecule has 1 atom stereocenters. The molecule has 1 saturated heterocycles. The van der Waals surface area contributed by atoms with E-state index in [1.54, 1.807) is 0 Å². The van der Waals surface area contributed by atoms with Gasteiger partial charge in [0.05, 0.1) is 12.7 Å². The van der Waals surface area contributed by atoms with Gasteiger partial charge in [-0.15, -0.1) is 0 Å². The van der Waals surface area contributed by atoms with E-state index in [9.17, 15) is 5.11 Å². The Morgan fingerprint density at radius 2 is 2.11 bits per heavy atom. The zero-order chi connectivity index (χ0) is 13.2. The molecule has 4 nitrogen and oxygen atoms in total. The standard InChI is InChI=1S/C14H29NO3/c1-3-4-7-18-12-14(16)11-15(2)10-13-5-8-17-9-6-13/h13-14,16H,3-12H2,1-2H3. The average Bonchev–Trinajstić information content (AvgIpc) is 2.35. The van der Waals surface area contributed by atoms with Crippen LogP contribution in [0.2, 0.25) is 0 Å². The van der Waals surface area contributed by atoms with Crippen molar-refractivity contribution in [2.24, 2.45) is 5.92 Å². The number of likely N-dealkylation sites (N-methyl/N-ethyl adjacent to an activating group) is 1. The maximum absolute atomic E-state index is 9.86. The number of ether oxygens (including phenoxy) is 2. The van der Waals surface area contributed by atoms with Crippen LogP contribution in [0, 0.1) is 5.92 Å². The molecule has 0 aliphatic carbocycles. The second-order valence-electron chi connectivity index (χ2n) is 5.36. The van der Waals surface area contributed by atoms with Crippen molar-refractivity contribution in [3.63, 3.8) is 0 Å². The van der Waals surface area contributed by atoms with Crippen LogP contribution < -0.4 is 0 Å². The van der Waals surface area contributed by atoms with Crippen LogP contribution in [0.25, 0.3) is 0 Å². The van der Waals surface area contributed by atoms with Crippen molar-refractivity contribution in [2.75, 3.05) is 46.6 Å². The predicted molar refractivity (Wildman–Crippen MR) is 72.8 cm³/mol. The van der Waals surface area contributed by atoms with E-state index >= 15 is 0 Å². The Labute approximate surface area is 111 Å². The molecule has 1 N–H and O–H groups in total. The summed E-state index contributed by atoms with van der Waals surface area (Å²) < 4.78 is 10.8. The lowest BCUT2D eigenvalue weighted by atomic mass is 10.00. The molecule has 0 aromatic carbocycles. The third kappa shape index (κ3) is 7.31. The number of aliphatic hydroxyl groups is 1. The number of unbranched alkanes of at least 4 members (excludes halogenated alkanes) is 1. The van der Waals surface area contributed by atoms with Crippen molar-refractivity contribution in [2.45, 2.75) is 38.7 Å². The van der Waals surface area contributed by atoms with E-state index < -0.39 is 0 Å². The van der Waals surface area contributed by atoms with Crippen LogP contribution in [0.15, 0.2) is 0 Å². The Morgan fingerprint density at radius 1 is 1.39 bits per heavy atom. The maximum atomic E-state index is 9.86. The van der Waals surface area contributed by atoms with E-state index in [0.717, 1.165) is 58.0 Å². The van der Waals surface area contributed by atoms with Gasteiger partial charge in [0.1, 0.15) is 0 Å². The summed E-state index contributed by atoms with van der Waals surface area (Å²) in [5.74, 6) is 0.719. The molecule has 18 heavy (non-hydrogen) atoms.